The number of aromatic nitrogens is 2. The lowest BCUT2D eigenvalue weighted by atomic mass is 9.98. The van der Waals surface area contributed by atoms with E-state index in [1.54, 1.807) is 11.0 Å². The number of hydrogen-bond acceptors (Lipinski definition) is 3. The van der Waals surface area contributed by atoms with E-state index in [0.717, 1.165) is 16.9 Å². The number of aliphatic carboxylic acids is 1. The molecule has 21 heavy (non-hydrogen) atoms. The molecule has 0 aliphatic carbocycles. The number of rotatable bonds is 3. The molecule has 1 aliphatic rings. The van der Waals surface area contributed by atoms with Gasteiger partial charge in [0.05, 0.1) is 6.42 Å². The number of hydrogen-bond donors (Lipinski definition) is 2. The maximum atomic E-state index is 12.6. The van der Waals surface area contributed by atoms with Crippen LogP contribution < -0.4 is 4.90 Å². The van der Waals surface area contributed by atoms with Crippen molar-refractivity contribution in [1.29, 1.82) is 0 Å². The van der Waals surface area contributed by atoms with Crippen LogP contribution in [0.4, 0.5) is 5.69 Å². The largest absolute Gasteiger partial charge is 0.481 e. The molecule has 1 aromatic heterocycles. The summed E-state index contributed by atoms with van der Waals surface area (Å²) in [7, 11) is 0. The lowest BCUT2D eigenvalue weighted by Gasteiger charge is -2.16. The van der Waals surface area contributed by atoms with Gasteiger partial charge in [-0.2, -0.15) is 5.10 Å². The number of anilines is 1. The minimum atomic E-state index is -0.861. The number of amides is 1. The van der Waals surface area contributed by atoms with Crippen LogP contribution in [-0.4, -0.2) is 33.7 Å². The number of carbonyl (C=O) groups excluding carboxylic acids is 1. The van der Waals surface area contributed by atoms with Gasteiger partial charge in [-0.25, -0.2) is 0 Å². The number of nitrogens with zero attached hydrogens (tertiary/aromatic N) is 2. The van der Waals surface area contributed by atoms with E-state index in [-0.39, 0.29) is 18.2 Å². The summed E-state index contributed by atoms with van der Waals surface area (Å²) in [5.41, 5.74) is 2.83. The number of carboxylic acids is 1. The second-order valence-electron chi connectivity index (χ2n) is 5.21. The Kier molecular flexibility index (Phi) is 3.21. The molecule has 0 saturated heterocycles. The molecule has 0 bridgehead atoms. The molecule has 108 valence electrons. The molecule has 6 nitrogen and oxygen atoms in total. The van der Waals surface area contributed by atoms with E-state index >= 15 is 0 Å². The van der Waals surface area contributed by atoms with Crippen LogP contribution in [0.25, 0.3) is 0 Å². The number of aromatic amines is 1. The quantitative estimate of drug-likeness (QED) is 0.902. The molecule has 1 aromatic carbocycles. The molecule has 1 unspecified atom stereocenters. The predicted molar refractivity (Wildman–Crippen MR) is 76.4 cm³/mol. The Balaban J connectivity index is 1.94. The zero-order valence-electron chi connectivity index (χ0n) is 11.5. The fraction of sp³-hybridized carbons (Fsp3) is 0.267. The van der Waals surface area contributed by atoms with Crippen molar-refractivity contribution >= 4 is 17.6 Å². The second-order valence-corrected chi connectivity index (χ2v) is 5.21. The van der Waals surface area contributed by atoms with Crippen LogP contribution in [0.1, 0.15) is 34.1 Å². The van der Waals surface area contributed by atoms with Crippen molar-refractivity contribution in [2.45, 2.75) is 19.3 Å². The highest BCUT2D eigenvalue weighted by atomic mass is 16.4. The Labute approximate surface area is 121 Å². The highest BCUT2D eigenvalue weighted by Gasteiger charge is 2.34. The highest BCUT2D eigenvalue weighted by Crippen LogP contribution is 2.38. The van der Waals surface area contributed by atoms with E-state index in [1.165, 1.54) is 0 Å². The number of carbonyl (C=O) groups is 2. The van der Waals surface area contributed by atoms with Gasteiger partial charge in [-0.15, -0.1) is 0 Å². The molecule has 2 aromatic rings. The van der Waals surface area contributed by atoms with E-state index in [9.17, 15) is 9.59 Å². The first-order valence-corrected chi connectivity index (χ1v) is 6.71. The van der Waals surface area contributed by atoms with Gasteiger partial charge in [0.2, 0.25) is 0 Å². The number of nitrogens with one attached hydrogen (secondary N) is 1. The normalized spacial score (nSPS) is 16.8. The summed E-state index contributed by atoms with van der Waals surface area (Å²) in [5.74, 6) is -1.25. The third-order valence-electron chi connectivity index (χ3n) is 3.66. The predicted octanol–water partition coefficient (Wildman–Crippen LogP) is 1.94. The first-order valence-electron chi connectivity index (χ1n) is 6.71. The number of carboxylic acid groups (broad SMARTS) is 1. The van der Waals surface area contributed by atoms with Gasteiger partial charge in [0.25, 0.3) is 5.91 Å². The van der Waals surface area contributed by atoms with Gasteiger partial charge in [-0.05, 0) is 24.6 Å². The third-order valence-corrected chi connectivity index (χ3v) is 3.66. The molecule has 1 aliphatic heterocycles. The molecule has 0 spiro atoms. The van der Waals surface area contributed by atoms with E-state index in [4.69, 9.17) is 5.11 Å². The van der Waals surface area contributed by atoms with Crippen molar-refractivity contribution in [2.75, 3.05) is 11.4 Å². The van der Waals surface area contributed by atoms with Crippen LogP contribution in [-0.2, 0) is 4.79 Å². The van der Waals surface area contributed by atoms with Crippen molar-refractivity contribution < 1.29 is 14.7 Å². The molecule has 3 rings (SSSR count). The monoisotopic (exact) mass is 285 g/mol. The van der Waals surface area contributed by atoms with E-state index in [1.807, 2.05) is 31.2 Å². The summed E-state index contributed by atoms with van der Waals surface area (Å²) in [6.45, 7) is 2.20. The minimum Gasteiger partial charge on any atom is -0.481 e. The molecule has 1 amide bonds. The molecule has 0 fully saturated rings. The van der Waals surface area contributed by atoms with E-state index in [0.29, 0.717) is 12.2 Å². The molecular weight excluding hydrogens is 270 g/mol. The van der Waals surface area contributed by atoms with Crippen LogP contribution in [0, 0.1) is 6.92 Å². The molecule has 0 saturated carbocycles. The summed E-state index contributed by atoms with van der Waals surface area (Å²) >= 11 is 0. The number of fused-ring (bicyclic) bond motifs is 1. The summed E-state index contributed by atoms with van der Waals surface area (Å²) in [6, 6.07) is 9.12. The van der Waals surface area contributed by atoms with Crippen LogP contribution in [0.3, 0.4) is 0 Å². The molecule has 2 N–H and O–H groups in total. The second kappa shape index (κ2) is 5.05. The summed E-state index contributed by atoms with van der Waals surface area (Å²) < 4.78 is 0. The Morgan fingerprint density at radius 1 is 1.43 bits per heavy atom. The molecule has 6 heteroatoms. The SMILES string of the molecule is Cc1cc(C(=O)N2CC(CC(=O)O)c3ccccc32)n[nH]1. The Bertz CT molecular complexity index is 708. The Morgan fingerprint density at radius 3 is 2.86 bits per heavy atom. The van der Waals surface area contributed by atoms with Gasteiger partial charge in [-0.3, -0.25) is 14.7 Å². The lowest BCUT2D eigenvalue weighted by Crippen LogP contribution is -2.30. The lowest BCUT2D eigenvalue weighted by molar-refractivity contribution is -0.137. The number of H-pyrrole nitrogens is 1. The smallest absolute Gasteiger partial charge is 0.304 e. The summed E-state index contributed by atoms with van der Waals surface area (Å²) in [4.78, 5) is 25.2. The van der Waals surface area contributed by atoms with Crippen molar-refractivity contribution in [2.24, 2.45) is 0 Å². The van der Waals surface area contributed by atoms with E-state index in [2.05, 4.69) is 10.2 Å². The van der Waals surface area contributed by atoms with Crippen molar-refractivity contribution in [1.82, 2.24) is 10.2 Å². The summed E-state index contributed by atoms with van der Waals surface area (Å²) in [5, 5.41) is 15.8. The van der Waals surface area contributed by atoms with Gasteiger partial charge in [0.1, 0.15) is 0 Å². The van der Waals surface area contributed by atoms with Crippen molar-refractivity contribution in [3.05, 3.63) is 47.3 Å². The van der Waals surface area contributed by atoms with Gasteiger partial charge in [0, 0.05) is 23.8 Å². The Morgan fingerprint density at radius 2 is 2.19 bits per heavy atom. The zero-order valence-corrected chi connectivity index (χ0v) is 11.5. The molecule has 2 heterocycles. The first-order chi connectivity index (χ1) is 10.1. The topological polar surface area (TPSA) is 86.3 Å². The number of benzene rings is 1. The van der Waals surface area contributed by atoms with E-state index < -0.39 is 5.97 Å². The average Bonchev–Trinajstić information content (AvgIpc) is 3.03. The zero-order chi connectivity index (χ0) is 15.0. The van der Waals surface area contributed by atoms with Gasteiger partial charge in [0.15, 0.2) is 5.69 Å². The number of para-hydroxylation sites is 1. The van der Waals surface area contributed by atoms with Crippen molar-refractivity contribution in [3.63, 3.8) is 0 Å². The fourth-order valence-corrected chi connectivity index (χ4v) is 2.74. The maximum Gasteiger partial charge on any atom is 0.304 e. The van der Waals surface area contributed by atoms with Gasteiger partial charge >= 0.3 is 5.97 Å². The molecule has 1 atom stereocenters. The van der Waals surface area contributed by atoms with Crippen molar-refractivity contribution in [3.8, 4) is 0 Å². The van der Waals surface area contributed by atoms with Crippen LogP contribution in [0.5, 0.6) is 0 Å². The molecular formula is C15H15N3O3. The average molecular weight is 285 g/mol. The summed E-state index contributed by atoms with van der Waals surface area (Å²) in [6.07, 6.45) is 0.0143. The van der Waals surface area contributed by atoms with Gasteiger partial charge in [-0.1, -0.05) is 18.2 Å². The fourth-order valence-electron chi connectivity index (χ4n) is 2.74. The maximum absolute atomic E-state index is 12.6. The highest BCUT2D eigenvalue weighted by molar-refractivity contribution is 6.06. The minimum absolute atomic E-state index is 0.0143. The third kappa shape index (κ3) is 2.40. The van der Waals surface area contributed by atoms with Crippen LogP contribution >= 0.6 is 0 Å². The number of aryl methyl sites for hydroxylation is 1. The van der Waals surface area contributed by atoms with Gasteiger partial charge < -0.3 is 10.0 Å². The Hall–Kier alpha value is -2.63. The standard InChI is InChI=1S/C15H15N3O3/c1-9-6-12(17-16-9)15(21)18-8-10(7-14(19)20)11-4-2-3-5-13(11)18/h2-6,10H,7-8H2,1H3,(H,16,17)(H,19,20). The first kappa shape index (κ1) is 13.4. The van der Waals surface area contributed by atoms with Crippen LogP contribution in [0.2, 0.25) is 0 Å². The molecule has 0 radical (unpaired) electrons. The van der Waals surface area contributed by atoms with Crippen LogP contribution in [0.15, 0.2) is 30.3 Å².